The van der Waals surface area contributed by atoms with Gasteiger partial charge in [0.05, 0.1) is 22.4 Å². The third-order valence-electron chi connectivity index (χ3n) is 3.32. The van der Waals surface area contributed by atoms with Gasteiger partial charge in [-0.3, -0.25) is 0 Å². The van der Waals surface area contributed by atoms with Crippen LogP contribution in [0.25, 0.3) is 11.4 Å². The Kier molecular flexibility index (Phi) is 4.83. The maximum absolute atomic E-state index is 12.8. The molecule has 0 aliphatic heterocycles. The molecule has 1 aromatic carbocycles. The summed E-state index contributed by atoms with van der Waals surface area (Å²) < 4.78 is 63.5. The van der Waals surface area contributed by atoms with Crippen molar-refractivity contribution in [2.45, 2.75) is 11.1 Å². The Labute approximate surface area is 151 Å². The highest BCUT2D eigenvalue weighted by atomic mass is 32.2. The van der Waals surface area contributed by atoms with E-state index >= 15 is 0 Å². The zero-order valence-corrected chi connectivity index (χ0v) is 14.8. The highest BCUT2D eigenvalue weighted by Crippen LogP contribution is 2.29. The van der Waals surface area contributed by atoms with E-state index in [0.717, 1.165) is 0 Å². The van der Waals surface area contributed by atoms with E-state index in [0.29, 0.717) is 10.6 Å². The van der Waals surface area contributed by atoms with Crippen LogP contribution in [0.3, 0.4) is 0 Å². The van der Waals surface area contributed by atoms with Gasteiger partial charge in [-0.25, -0.2) is 14.2 Å². The van der Waals surface area contributed by atoms with E-state index in [-0.39, 0.29) is 17.3 Å². The fourth-order valence-electron chi connectivity index (χ4n) is 1.98. The van der Waals surface area contributed by atoms with Gasteiger partial charge in [-0.1, -0.05) is 5.16 Å². The van der Waals surface area contributed by atoms with Gasteiger partial charge in [0.2, 0.25) is 5.82 Å². The van der Waals surface area contributed by atoms with Crippen molar-refractivity contribution in [1.82, 2.24) is 20.1 Å². The number of alkyl halides is 3. The largest absolute Gasteiger partial charge is 0.497 e. The number of rotatable bonds is 4. The van der Waals surface area contributed by atoms with Gasteiger partial charge in [0.15, 0.2) is 0 Å². The van der Waals surface area contributed by atoms with Crippen LogP contribution in [0.4, 0.5) is 19.1 Å². The molecule has 2 aromatic heterocycles. The lowest BCUT2D eigenvalue weighted by Crippen LogP contribution is -2.04. The van der Waals surface area contributed by atoms with Crippen molar-refractivity contribution < 1.29 is 26.6 Å². The first-order chi connectivity index (χ1) is 12.7. The second-order valence-corrected chi connectivity index (χ2v) is 7.52. The Hall–Kier alpha value is -3.02. The molecule has 27 heavy (non-hydrogen) atoms. The number of hydrogen-bond donors (Lipinski definition) is 0. The van der Waals surface area contributed by atoms with Crippen LogP contribution in [0.5, 0.6) is 5.75 Å². The molecular formula is C15H12F3N5O3S. The van der Waals surface area contributed by atoms with Gasteiger partial charge in [0.25, 0.3) is 5.95 Å². The fraction of sp³-hybridized carbons (Fsp3) is 0.200. The average Bonchev–Trinajstić information content (AvgIpc) is 3.13. The van der Waals surface area contributed by atoms with Crippen molar-refractivity contribution in [3.05, 3.63) is 42.5 Å². The van der Waals surface area contributed by atoms with Crippen molar-refractivity contribution in [2.24, 2.45) is 4.36 Å². The molecular weight excluding hydrogens is 387 g/mol. The van der Waals surface area contributed by atoms with Crippen LogP contribution in [0.1, 0.15) is 5.89 Å². The quantitative estimate of drug-likeness (QED) is 0.663. The number of methoxy groups -OCH3 is 1. The van der Waals surface area contributed by atoms with E-state index in [9.17, 15) is 17.4 Å². The molecule has 0 fully saturated rings. The van der Waals surface area contributed by atoms with E-state index in [2.05, 4.69) is 29.0 Å². The molecule has 12 heteroatoms. The molecule has 3 rings (SSSR count). The minimum atomic E-state index is -4.74. The molecule has 0 amide bonds. The van der Waals surface area contributed by atoms with Gasteiger partial charge in [-0.2, -0.15) is 22.5 Å². The first-order valence-electron chi connectivity index (χ1n) is 7.28. The SMILES string of the molecule is COc1ccc(S(C)(=O)=Nc2ncc(-c3noc(C(F)(F)F)n3)cn2)cc1. The van der Waals surface area contributed by atoms with Crippen LogP contribution in [-0.2, 0) is 15.9 Å². The summed E-state index contributed by atoms with van der Waals surface area (Å²) in [5.74, 6) is -1.28. The molecule has 2 heterocycles. The van der Waals surface area contributed by atoms with E-state index in [1.54, 1.807) is 24.3 Å². The smallest absolute Gasteiger partial charge is 0.471 e. The van der Waals surface area contributed by atoms with Crippen molar-refractivity contribution in [3.63, 3.8) is 0 Å². The summed E-state index contributed by atoms with van der Waals surface area (Å²) in [5, 5.41) is 3.24. The van der Waals surface area contributed by atoms with Gasteiger partial charge in [-0.05, 0) is 24.3 Å². The lowest BCUT2D eigenvalue weighted by Gasteiger charge is -2.05. The predicted octanol–water partition coefficient (Wildman–Crippen LogP) is 3.34. The number of halogens is 3. The van der Waals surface area contributed by atoms with Gasteiger partial charge >= 0.3 is 12.1 Å². The fourth-order valence-corrected chi connectivity index (χ4v) is 3.13. The van der Waals surface area contributed by atoms with Crippen molar-refractivity contribution >= 4 is 15.7 Å². The molecule has 0 saturated carbocycles. The molecule has 8 nitrogen and oxygen atoms in total. The van der Waals surface area contributed by atoms with Gasteiger partial charge in [0, 0.05) is 23.5 Å². The van der Waals surface area contributed by atoms with Crippen LogP contribution in [-0.4, -0.2) is 37.7 Å². The summed E-state index contributed by atoms with van der Waals surface area (Å²) in [4.78, 5) is 11.5. The van der Waals surface area contributed by atoms with E-state index in [1.807, 2.05) is 0 Å². The van der Waals surface area contributed by atoms with Crippen LogP contribution < -0.4 is 4.74 Å². The Morgan fingerprint density at radius 1 is 1.15 bits per heavy atom. The minimum Gasteiger partial charge on any atom is -0.497 e. The molecule has 0 aliphatic rings. The number of nitrogens with zero attached hydrogens (tertiary/aromatic N) is 5. The standard InChI is InChI=1S/C15H12F3N5O3S/c1-25-10-3-5-11(6-4-10)27(2,24)23-14-19-7-9(8-20-14)12-21-13(26-22-12)15(16,17)18/h3-8H,1-2H3. The van der Waals surface area contributed by atoms with Gasteiger partial charge in [0.1, 0.15) is 5.75 Å². The molecule has 1 unspecified atom stereocenters. The molecule has 0 saturated heterocycles. The number of benzene rings is 1. The first kappa shape index (κ1) is 18.8. The first-order valence-corrected chi connectivity index (χ1v) is 9.21. The lowest BCUT2D eigenvalue weighted by atomic mass is 10.3. The molecule has 1 atom stereocenters. The molecule has 0 bridgehead atoms. The summed E-state index contributed by atoms with van der Waals surface area (Å²) in [6, 6.07) is 6.51. The van der Waals surface area contributed by atoms with Crippen LogP contribution in [0.15, 0.2) is 50.4 Å². The van der Waals surface area contributed by atoms with E-state index in [1.165, 1.54) is 25.8 Å². The summed E-state index contributed by atoms with van der Waals surface area (Å²) in [6.45, 7) is 0. The Bertz CT molecular complexity index is 1060. The predicted molar refractivity (Wildman–Crippen MR) is 87.7 cm³/mol. The maximum Gasteiger partial charge on any atom is 0.471 e. The molecule has 3 aromatic rings. The van der Waals surface area contributed by atoms with E-state index < -0.39 is 21.8 Å². The number of aromatic nitrogens is 4. The zero-order chi connectivity index (χ0) is 19.7. The van der Waals surface area contributed by atoms with Gasteiger partial charge < -0.3 is 9.26 Å². The van der Waals surface area contributed by atoms with Crippen LogP contribution >= 0.6 is 0 Å². The summed E-state index contributed by atoms with van der Waals surface area (Å²) in [7, 11) is -1.32. The van der Waals surface area contributed by atoms with E-state index in [4.69, 9.17) is 4.74 Å². The van der Waals surface area contributed by atoms with Crippen molar-refractivity contribution in [3.8, 4) is 17.1 Å². The molecule has 0 radical (unpaired) electrons. The topological polar surface area (TPSA) is 103 Å². The molecule has 0 aliphatic carbocycles. The molecule has 0 spiro atoms. The third-order valence-corrected chi connectivity index (χ3v) is 4.98. The highest BCUT2D eigenvalue weighted by Gasteiger charge is 2.38. The van der Waals surface area contributed by atoms with Crippen molar-refractivity contribution in [2.75, 3.05) is 13.4 Å². The highest BCUT2D eigenvalue weighted by molar-refractivity contribution is 7.93. The average molecular weight is 399 g/mol. The normalized spacial score (nSPS) is 13.8. The van der Waals surface area contributed by atoms with Crippen molar-refractivity contribution in [1.29, 1.82) is 0 Å². The zero-order valence-electron chi connectivity index (χ0n) is 14.0. The Morgan fingerprint density at radius 2 is 1.78 bits per heavy atom. The van der Waals surface area contributed by atoms with Crippen LogP contribution in [0.2, 0.25) is 0 Å². The Morgan fingerprint density at radius 3 is 2.30 bits per heavy atom. The number of hydrogen-bond acceptors (Lipinski definition) is 8. The number of ether oxygens (including phenoxy) is 1. The lowest BCUT2D eigenvalue weighted by molar-refractivity contribution is -0.159. The third kappa shape index (κ3) is 4.22. The summed E-state index contributed by atoms with van der Waals surface area (Å²) in [6.07, 6.45) is -0.991. The maximum atomic E-state index is 12.8. The molecule has 0 N–H and O–H groups in total. The second kappa shape index (κ2) is 6.95. The van der Waals surface area contributed by atoms with Gasteiger partial charge in [-0.15, -0.1) is 0 Å². The summed E-state index contributed by atoms with van der Waals surface area (Å²) >= 11 is 0. The summed E-state index contributed by atoms with van der Waals surface area (Å²) in [5.41, 5.74) is 0.0975. The Balaban J connectivity index is 1.87. The molecule has 142 valence electrons. The monoisotopic (exact) mass is 399 g/mol. The minimum absolute atomic E-state index is 0.0957. The second-order valence-electron chi connectivity index (χ2n) is 5.26. The van der Waals surface area contributed by atoms with Crippen LogP contribution in [0, 0.1) is 0 Å².